The summed E-state index contributed by atoms with van der Waals surface area (Å²) in [5.74, 6) is 0.0619. The normalized spacial score (nSPS) is 12.5. The van der Waals surface area contributed by atoms with Crippen molar-refractivity contribution in [2.45, 2.75) is 26.8 Å². The van der Waals surface area contributed by atoms with Gasteiger partial charge < -0.3 is 15.7 Å². The van der Waals surface area contributed by atoms with Gasteiger partial charge in [-0.2, -0.15) is 0 Å². The molecule has 3 N–H and O–H groups in total. The van der Waals surface area contributed by atoms with E-state index in [1.54, 1.807) is 0 Å². The van der Waals surface area contributed by atoms with Gasteiger partial charge in [0.05, 0.1) is 11.3 Å². The summed E-state index contributed by atoms with van der Waals surface area (Å²) in [6.45, 7) is 6.31. The molecule has 0 radical (unpaired) electrons. The predicted molar refractivity (Wildman–Crippen MR) is 68.3 cm³/mol. The number of rotatable bonds is 4. The number of carbonyl (C=O) groups is 1. The van der Waals surface area contributed by atoms with E-state index in [1.165, 1.54) is 12.3 Å². The van der Waals surface area contributed by atoms with Crippen molar-refractivity contribution in [1.82, 2.24) is 4.98 Å². The van der Waals surface area contributed by atoms with Crippen LogP contribution >= 0.6 is 0 Å². The number of nitrogen functional groups attached to an aromatic ring is 1. The zero-order valence-corrected chi connectivity index (χ0v) is 10.6. The number of carboxylic acids is 1. The molecule has 94 valence electrons. The Bertz CT molecular complexity index is 418. The van der Waals surface area contributed by atoms with Crippen molar-refractivity contribution in [3.63, 3.8) is 0 Å². The van der Waals surface area contributed by atoms with Gasteiger partial charge in [-0.05, 0) is 18.9 Å². The highest BCUT2D eigenvalue weighted by Gasteiger charge is 2.17. The van der Waals surface area contributed by atoms with Crippen LogP contribution in [0.1, 0.15) is 31.1 Å². The molecule has 1 aromatic heterocycles. The number of aromatic carboxylic acids is 1. The second-order valence-electron chi connectivity index (χ2n) is 4.54. The van der Waals surface area contributed by atoms with E-state index in [9.17, 15) is 4.79 Å². The van der Waals surface area contributed by atoms with Crippen LogP contribution < -0.4 is 10.6 Å². The highest BCUT2D eigenvalue weighted by atomic mass is 16.4. The van der Waals surface area contributed by atoms with Crippen LogP contribution in [0.15, 0.2) is 12.3 Å². The number of carboxylic acid groups (broad SMARTS) is 1. The minimum atomic E-state index is -1.02. The standard InChI is InChI=1S/C12H19N3O2/c1-7(2)8(3)15(4)11-10(13)5-9(6-14-11)12(16)17/h5-8H,13H2,1-4H3,(H,16,17). The maximum absolute atomic E-state index is 10.8. The van der Waals surface area contributed by atoms with Crippen LogP contribution in [-0.4, -0.2) is 29.1 Å². The quantitative estimate of drug-likeness (QED) is 0.835. The molecule has 0 aliphatic rings. The van der Waals surface area contributed by atoms with Gasteiger partial charge in [0, 0.05) is 19.3 Å². The van der Waals surface area contributed by atoms with Crippen molar-refractivity contribution in [3.05, 3.63) is 17.8 Å². The molecule has 1 atom stereocenters. The molecule has 5 heteroatoms. The first-order chi connectivity index (χ1) is 7.84. The summed E-state index contributed by atoms with van der Waals surface area (Å²) >= 11 is 0. The first-order valence-corrected chi connectivity index (χ1v) is 5.56. The summed E-state index contributed by atoms with van der Waals surface area (Å²) in [4.78, 5) is 16.9. The molecule has 1 rings (SSSR count). The molecule has 0 aliphatic carbocycles. The van der Waals surface area contributed by atoms with E-state index in [4.69, 9.17) is 10.8 Å². The molecule has 0 fully saturated rings. The van der Waals surface area contributed by atoms with Crippen molar-refractivity contribution < 1.29 is 9.90 Å². The van der Waals surface area contributed by atoms with Gasteiger partial charge in [-0.15, -0.1) is 0 Å². The fraction of sp³-hybridized carbons (Fsp3) is 0.500. The Kier molecular flexibility index (Phi) is 3.93. The minimum absolute atomic E-state index is 0.108. The lowest BCUT2D eigenvalue weighted by Gasteiger charge is -2.29. The average Bonchev–Trinajstić information content (AvgIpc) is 2.26. The Morgan fingerprint density at radius 3 is 2.47 bits per heavy atom. The van der Waals surface area contributed by atoms with Gasteiger partial charge in [0.25, 0.3) is 0 Å². The predicted octanol–water partition coefficient (Wildman–Crippen LogP) is 1.84. The zero-order chi connectivity index (χ0) is 13.2. The minimum Gasteiger partial charge on any atom is -0.478 e. The monoisotopic (exact) mass is 237 g/mol. The summed E-state index contributed by atoms with van der Waals surface area (Å²) in [6, 6.07) is 1.72. The van der Waals surface area contributed by atoms with Crippen LogP contribution in [-0.2, 0) is 0 Å². The zero-order valence-electron chi connectivity index (χ0n) is 10.6. The third-order valence-electron chi connectivity index (χ3n) is 3.05. The molecule has 0 saturated heterocycles. The van der Waals surface area contributed by atoms with Crippen LogP contribution in [0.2, 0.25) is 0 Å². The van der Waals surface area contributed by atoms with E-state index in [2.05, 4.69) is 25.8 Å². The molecule has 0 aromatic carbocycles. The van der Waals surface area contributed by atoms with Crippen LogP contribution in [0.5, 0.6) is 0 Å². The van der Waals surface area contributed by atoms with Gasteiger partial charge in [0.2, 0.25) is 0 Å². The molecular formula is C12H19N3O2. The molecule has 17 heavy (non-hydrogen) atoms. The van der Waals surface area contributed by atoms with E-state index in [0.29, 0.717) is 17.4 Å². The van der Waals surface area contributed by atoms with Gasteiger partial charge in [0.1, 0.15) is 0 Å². The smallest absolute Gasteiger partial charge is 0.337 e. The first-order valence-electron chi connectivity index (χ1n) is 5.56. The van der Waals surface area contributed by atoms with Crippen LogP contribution in [0, 0.1) is 5.92 Å². The van der Waals surface area contributed by atoms with Gasteiger partial charge in [0.15, 0.2) is 5.82 Å². The molecule has 0 bridgehead atoms. The Labute approximate surface area is 101 Å². The number of anilines is 2. The molecule has 1 heterocycles. The molecule has 0 amide bonds. The number of pyridine rings is 1. The summed E-state index contributed by atoms with van der Waals surface area (Å²) in [7, 11) is 1.91. The lowest BCUT2D eigenvalue weighted by Crippen LogP contribution is -2.34. The van der Waals surface area contributed by atoms with E-state index >= 15 is 0 Å². The number of hydrogen-bond donors (Lipinski definition) is 2. The fourth-order valence-electron chi connectivity index (χ4n) is 1.53. The number of nitrogens with zero attached hydrogens (tertiary/aromatic N) is 2. The molecule has 1 aromatic rings. The maximum Gasteiger partial charge on any atom is 0.337 e. The van der Waals surface area contributed by atoms with Gasteiger partial charge in [-0.3, -0.25) is 0 Å². The molecule has 5 nitrogen and oxygen atoms in total. The van der Waals surface area contributed by atoms with Crippen molar-refractivity contribution in [2.24, 2.45) is 5.92 Å². The Morgan fingerprint density at radius 2 is 2.06 bits per heavy atom. The SMILES string of the molecule is CC(C)C(C)N(C)c1ncc(C(=O)O)cc1N. The van der Waals surface area contributed by atoms with Crippen molar-refractivity contribution in [2.75, 3.05) is 17.7 Å². The van der Waals surface area contributed by atoms with Crippen molar-refractivity contribution >= 4 is 17.5 Å². The van der Waals surface area contributed by atoms with E-state index in [-0.39, 0.29) is 11.6 Å². The van der Waals surface area contributed by atoms with Gasteiger partial charge in [-0.25, -0.2) is 9.78 Å². The Hall–Kier alpha value is -1.78. The molecule has 0 spiro atoms. The lowest BCUT2D eigenvalue weighted by atomic mass is 10.1. The summed E-state index contributed by atoms with van der Waals surface area (Å²) in [5, 5.41) is 8.83. The molecular weight excluding hydrogens is 218 g/mol. The summed E-state index contributed by atoms with van der Waals surface area (Å²) < 4.78 is 0. The van der Waals surface area contributed by atoms with E-state index in [0.717, 1.165) is 0 Å². The lowest BCUT2D eigenvalue weighted by molar-refractivity contribution is 0.0696. The molecule has 1 unspecified atom stereocenters. The molecule has 0 saturated carbocycles. The van der Waals surface area contributed by atoms with E-state index < -0.39 is 5.97 Å². The average molecular weight is 237 g/mol. The van der Waals surface area contributed by atoms with Crippen molar-refractivity contribution in [1.29, 1.82) is 0 Å². The third-order valence-corrected chi connectivity index (χ3v) is 3.05. The highest BCUT2D eigenvalue weighted by molar-refractivity contribution is 5.89. The summed E-state index contributed by atoms with van der Waals surface area (Å²) in [5.41, 5.74) is 6.33. The largest absolute Gasteiger partial charge is 0.478 e. The summed E-state index contributed by atoms with van der Waals surface area (Å²) in [6.07, 6.45) is 1.33. The van der Waals surface area contributed by atoms with Gasteiger partial charge >= 0.3 is 5.97 Å². The van der Waals surface area contributed by atoms with Gasteiger partial charge in [-0.1, -0.05) is 13.8 Å². The number of nitrogens with two attached hydrogens (primary N) is 1. The number of hydrogen-bond acceptors (Lipinski definition) is 4. The fourth-order valence-corrected chi connectivity index (χ4v) is 1.53. The van der Waals surface area contributed by atoms with Crippen LogP contribution in [0.4, 0.5) is 11.5 Å². The molecule has 0 aliphatic heterocycles. The van der Waals surface area contributed by atoms with Crippen molar-refractivity contribution in [3.8, 4) is 0 Å². The maximum atomic E-state index is 10.8. The van der Waals surface area contributed by atoms with E-state index in [1.807, 2.05) is 11.9 Å². The third kappa shape index (κ3) is 2.87. The second kappa shape index (κ2) is 5.03. The topological polar surface area (TPSA) is 79.5 Å². The second-order valence-corrected chi connectivity index (χ2v) is 4.54. The first kappa shape index (κ1) is 13.3. The Balaban J connectivity index is 3.03. The number of aromatic nitrogens is 1. The highest BCUT2D eigenvalue weighted by Crippen LogP contribution is 2.23. The van der Waals surface area contributed by atoms with Crippen LogP contribution in [0.25, 0.3) is 0 Å². The van der Waals surface area contributed by atoms with Crippen LogP contribution in [0.3, 0.4) is 0 Å². The Morgan fingerprint density at radius 1 is 1.47 bits per heavy atom.